The standard InChI is InChI=1S/C16H29NO2/c1-13(15(18)19)7-6-8-14(2)17-11-16(12-17)9-4-3-5-10-16/h13-14H,3-12H2,1-2H3,(H,18,19). The van der Waals surface area contributed by atoms with Crippen molar-refractivity contribution < 1.29 is 9.90 Å². The lowest BCUT2D eigenvalue weighted by molar-refractivity contribution is -0.141. The normalized spacial score (nSPS) is 25.8. The maximum Gasteiger partial charge on any atom is 0.306 e. The highest BCUT2D eigenvalue weighted by molar-refractivity contribution is 5.69. The van der Waals surface area contributed by atoms with Crippen molar-refractivity contribution in [1.82, 2.24) is 4.90 Å². The van der Waals surface area contributed by atoms with Gasteiger partial charge in [0.15, 0.2) is 0 Å². The third-order valence-corrected chi connectivity index (χ3v) is 5.30. The number of carboxylic acids is 1. The van der Waals surface area contributed by atoms with Crippen LogP contribution in [0.3, 0.4) is 0 Å². The molecule has 1 aliphatic heterocycles. The smallest absolute Gasteiger partial charge is 0.306 e. The van der Waals surface area contributed by atoms with E-state index in [1.165, 1.54) is 45.2 Å². The van der Waals surface area contributed by atoms with Gasteiger partial charge in [0.1, 0.15) is 0 Å². The lowest BCUT2D eigenvalue weighted by Crippen LogP contribution is -2.59. The first-order chi connectivity index (χ1) is 9.02. The molecule has 19 heavy (non-hydrogen) atoms. The van der Waals surface area contributed by atoms with E-state index in [0.717, 1.165) is 19.3 Å². The quantitative estimate of drug-likeness (QED) is 0.800. The molecular weight excluding hydrogens is 238 g/mol. The third-order valence-electron chi connectivity index (χ3n) is 5.30. The molecule has 2 unspecified atom stereocenters. The van der Waals surface area contributed by atoms with Crippen molar-refractivity contribution in [2.45, 2.75) is 71.3 Å². The SMILES string of the molecule is CC(CCCC(C)N1CC2(CCCCC2)C1)C(=O)O. The first kappa shape index (κ1) is 14.8. The number of hydrogen-bond donors (Lipinski definition) is 1. The maximum atomic E-state index is 10.8. The van der Waals surface area contributed by atoms with Crippen LogP contribution in [0, 0.1) is 11.3 Å². The minimum atomic E-state index is -0.655. The van der Waals surface area contributed by atoms with Gasteiger partial charge in [0, 0.05) is 19.1 Å². The van der Waals surface area contributed by atoms with Crippen LogP contribution < -0.4 is 0 Å². The molecule has 3 nitrogen and oxygen atoms in total. The van der Waals surface area contributed by atoms with Gasteiger partial charge in [0.25, 0.3) is 0 Å². The van der Waals surface area contributed by atoms with Gasteiger partial charge in [0.2, 0.25) is 0 Å². The van der Waals surface area contributed by atoms with Gasteiger partial charge < -0.3 is 5.11 Å². The fraction of sp³-hybridized carbons (Fsp3) is 0.938. The number of carbonyl (C=O) groups is 1. The molecule has 2 rings (SSSR count). The Hall–Kier alpha value is -0.570. The highest BCUT2D eigenvalue weighted by Gasteiger charge is 2.44. The zero-order valence-corrected chi connectivity index (χ0v) is 12.5. The van der Waals surface area contributed by atoms with Crippen LogP contribution >= 0.6 is 0 Å². The van der Waals surface area contributed by atoms with Crippen molar-refractivity contribution in [2.75, 3.05) is 13.1 Å². The van der Waals surface area contributed by atoms with E-state index in [1.54, 1.807) is 0 Å². The summed E-state index contributed by atoms with van der Waals surface area (Å²) in [5, 5.41) is 8.87. The highest BCUT2D eigenvalue weighted by Crippen LogP contribution is 2.44. The summed E-state index contributed by atoms with van der Waals surface area (Å²) in [6.07, 6.45) is 10.2. The lowest BCUT2D eigenvalue weighted by atomic mass is 9.68. The monoisotopic (exact) mass is 267 g/mol. The Kier molecular flexibility index (Phi) is 4.88. The Morgan fingerprint density at radius 3 is 2.37 bits per heavy atom. The lowest BCUT2D eigenvalue weighted by Gasteiger charge is -2.55. The topological polar surface area (TPSA) is 40.5 Å². The van der Waals surface area contributed by atoms with Crippen LogP contribution in [0.2, 0.25) is 0 Å². The van der Waals surface area contributed by atoms with Crippen LogP contribution in [0.5, 0.6) is 0 Å². The molecule has 110 valence electrons. The minimum Gasteiger partial charge on any atom is -0.481 e. The molecule has 1 aliphatic carbocycles. The van der Waals surface area contributed by atoms with Gasteiger partial charge in [-0.15, -0.1) is 0 Å². The molecule has 0 aromatic rings. The molecule has 0 amide bonds. The number of nitrogens with zero attached hydrogens (tertiary/aromatic N) is 1. The summed E-state index contributed by atoms with van der Waals surface area (Å²) >= 11 is 0. The molecule has 2 aliphatic rings. The number of hydrogen-bond acceptors (Lipinski definition) is 2. The molecule has 2 atom stereocenters. The molecule has 1 spiro atoms. The summed E-state index contributed by atoms with van der Waals surface area (Å²) < 4.78 is 0. The van der Waals surface area contributed by atoms with Crippen LogP contribution in [-0.2, 0) is 4.79 Å². The summed E-state index contributed by atoms with van der Waals surface area (Å²) in [7, 11) is 0. The molecule has 1 saturated heterocycles. The first-order valence-electron chi connectivity index (χ1n) is 7.99. The Bertz CT molecular complexity index is 302. The van der Waals surface area contributed by atoms with E-state index >= 15 is 0 Å². The predicted octanol–water partition coefficient (Wildman–Crippen LogP) is 3.53. The van der Waals surface area contributed by atoms with Gasteiger partial charge in [-0.05, 0) is 38.0 Å². The van der Waals surface area contributed by atoms with Crippen molar-refractivity contribution in [3.63, 3.8) is 0 Å². The second-order valence-electron chi connectivity index (χ2n) is 6.98. The maximum absolute atomic E-state index is 10.8. The second-order valence-corrected chi connectivity index (χ2v) is 6.98. The number of aliphatic carboxylic acids is 1. The van der Waals surface area contributed by atoms with Crippen LogP contribution in [-0.4, -0.2) is 35.1 Å². The summed E-state index contributed by atoms with van der Waals surface area (Å²) in [6, 6.07) is 0.633. The minimum absolute atomic E-state index is 0.187. The largest absolute Gasteiger partial charge is 0.481 e. The Balaban J connectivity index is 1.63. The van der Waals surface area contributed by atoms with Gasteiger partial charge in [-0.2, -0.15) is 0 Å². The molecule has 1 heterocycles. The van der Waals surface area contributed by atoms with Crippen molar-refractivity contribution in [3.05, 3.63) is 0 Å². The van der Waals surface area contributed by atoms with E-state index in [4.69, 9.17) is 5.11 Å². The molecular formula is C16H29NO2. The molecule has 1 N–H and O–H groups in total. The van der Waals surface area contributed by atoms with Crippen molar-refractivity contribution in [1.29, 1.82) is 0 Å². The summed E-state index contributed by atoms with van der Waals surface area (Å²) in [5.74, 6) is -0.842. The summed E-state index contributed by atoms with van der Waals surface area (Å²) in [6.45, 7) is 6.71. The molecule has 0 aromatic carbocycles. The molecule has 0 bridgehead atoms. The van der Waals surface area contributed by atoms with Gasteiger partial charge in [0.05, 0.1) is 5.92 Å². The van der Waals surface area contributed by atoms with E-state index in [0.29, 0.717) is 11.5 Å². The van der Waals surface area contributed by atoms with E-state index < -0.39 is 5.97 Å². The molecule has 3 heteroatoms. The summed E-state index contributed by atoms with van der Waals surface area (Å²) in [4.78, 5) is 13.4. The number of likely N-dealkylation sites (tertiary alicyclic amines) is 1. The van der Waals surface area contributed by atoms with Crippen LogP contribution in [0.25, 0.3) is 0 Å². The Morgan fingerprint density at radius 2 is 1.79 bits per heavy atom. The van der Waals surface area contributed by atoms with Gasteiger partial charge in [-0.25, -0.2) is 0 Å². The molecule has 0 radical (unpaired) electrons. The second kappa shape index (κ2) is 6.25. The first-order valence-corrected chi connectivity index (χ1v) is 7.99. The van der Waals surface area contributed by atoms with E-state index in [9.17, 15) is 4.79 Å². The molecule has 1 saturated carbocycles. The van der Waals surface area contributed by atoms with Crippen LogP contribution in [0.15, 0.2) is 0 Å². The van der Waals surface area contributed by atoms with Gasteiger partial charge in [-0.3, -0.25) is 9.69 Å². The van der Waals surface area contributed by atoms with Gasteiger partial charge in [-0.1, -0.05) is 32.6 Å². The molecule has 0 aromatic heterocycles. The summed E-state index contributed by atoms with van der Waals surface area (Å²) in [5.41, 5.74) is 0.668. The highest BCUT2D eigenvalue weighted by atomic mass is 16.4. The van der Waals surface area contributed by atoms with Crippen LogP contribution in [0.4, 0.5) is 0 Å². The molecule has 2 fully saturated rings. The Morgan fingerprint density at radius 1 is 1.16 bits per heavy atom. The van der Waals surface area contributed by atoms with E-state index in [2.05, 4.69) is 11.8 Å². The van der Waals surface area contributed by atoms with Crippen molar-refractivity contribution in [2.24, 2.45) is 11.3 Å². The van der Waals surface area contributed by atoms with Gasteiger partial charge >= 0.3 is 5.97 Å². The third kappa shape index (κ3) is 3.71. The zero-order valence-electron chi connectivity index (χ0n) is 12.5. The average Bonchev–Trinajstić information content (AvgIpc) is 2.36. The fourth-order valence-electron chi connectivity index (χ4n) is 3.77. The average molecular weight is 267 g/mol. The van der Waals surface area contributed by atoms with E-state index in [-0.39, 0.29) is 5.92 Å². The predicted molar refractivity (Wildman–Crippen MR) is 77.2 cm³/mol. The zero-order chi connectivity index (χ0) is 13.9. The number of carboxylic acid groups (broad SMARTS) is 1. The van der Waals surface area contributed by atoms with Crippen molar-refractivity contribution in [3.8, 4) is 0 Å². The number of rotatable bonds is 6. The Labute approximate surface area is 117 Å². The van der Waals surface area contributed by atoms with Crippen LogP contribution in [0.1, 0.15) is 65.2 Å². The fourth-order valence-corrected chi connectivity index (χ4v) is 3.77. The van der Waals surface area contributed by atoms with Crippen molar-refractivity contribution >= 4 is 5.97 Å². The van der Waals surface area contributed by atoms with E-state index in [1.807, 2.05) is 6.92 Å².